The van der Waals surface area contributed by atoms with Crippen molar-refractivity contribution in [3.05, 3.63) is 97.3 Å². The Morgan fingerprint density at radius 1 is 0.545 bits per heavy atom. The molecular weight excluding hydrogens is 572 g/mol. The van der Waals surface area contributed by atoms with Crippen molar-refractivity contribution in [3.8, 4) is 0 Å². The molecule has 230 valence electrons. The maximum absolute atomic E-state index is 7.48. The number of hydrogen-bond acceptors (Lipinski definition) is 6. The highest BCUT2D eigenvalue weighted by Gasteiger charge is 2.19. The van der Waals surface area contributed by atoms with Gasteiger partial charge in [-0.2, -0.15) is 10.2 Å². The number of anilines is 2. The van der Waals surface area contributed by atoms with E-state index in [0.717, 1.165) is 31.0 Å². The van der Waals surface area contributed by atoms with Crippen LogP contribution in [0.4, 0.5) is 11.4 Å². The largest absolute Gasteiger partial charge is 0.371 e. The number of rotatable bonds is 2. The van der Waals surface area contributed by atoms with Gasteiger partial charge in [0.25, 0.3) is 0 Å². The Balaban J connectivity index is 0.000000160. The molecule has 3 heterocycles. The number of guanidine groups is 1. The van der Waals surface area contributed by atoms with Crippen LogP contribution in [0.25, 0.3) is 21.5 Å². The van der Waals surface area contributed by atoms with E-state index in [0.29, 0.717) is 0 Å². The van der Waals surface area contributed by atoms with E-state index in [1.807, 2.05) is 4.90 Å². The molecule has 6 N–H and O–H groups in total. The minimum absolute atomic E-state index is 0. The molecule has 0 aliphatic carbocycles. The van der Waals surface area contributed by atoms with Gasteiger partial charge in [-0.05, 0) is 42.2 Å². The predicted octanol–water partition coefficient (Wildman–Crippen LogP) is 5.13. The molecule has 4 aromatic carbocycles. The molecule has 2 aliphatic rings. The minimum atomic E-state index is -0.171. The minimum Gasteiger partial charge on any atom is -0.371 e. The SMILES string of the molecule is Cl.N=C(N)N1CCN(c2cccc3ccccc23)CC1.N=C(N)n1nccn1.c1ccc2c(N3CCCCC3)cccc2c1. The first-order chi connectivity index (χ1) is 21.0. The summed E-state index contributed by atoms with van der Waals surface area (Å²) in [6.07, 6.45) is 6.98. The number of nitrogens with one attached hydrogen (secondary N) is 2. The number of hydrogen-bond donors (Lipinski definition) is 4. The van der Waals surface area contributed by atoms with Gasteiger partial charge in [0.05, 0.1) is 12.4 Å². The van der Waals surface area contributed by atoms with E-state index < -0.39 is 0 Å². The molecule has 0 amide bonds. The fourth-order valence-corrected chi connectivity index (χ4v) is 5.63. The summed E-state index contributed by atoms with van der Waals surface area (Å²) < 4.78 is 0. The second-order valence-electron chi connectivity index (χ2n) is 10.6. The number of halogens is 1. The number of nitrogens with two attached hydrogens (primary N) is 2. The molecule has 11 heteroatoms. The third-order valence-corrected chi connectivity index (χ3v) is 7.83. The quantitative estimate of drug-likeness (QED) is 0.160. The molecular formula is C33H41ClN10. The van der Waals surface area contributed by atoms with Crippen LogP contribution in [-0.2, 0) is 0 Å². The molecule has 10 nitrogen and oxygen atoms in total. The van der Waals surface area contributed by atoms with E-state index in [1.165, 1.54) is 77.7 Å². The van der Waals surface area contributed by atoms with Crippen LogP contribution in [0, 0.1) is 10.8 Å². The average molecular weight is 613 g/mol. The number of piperazine rings is 1. The lowest BCUT2D eigenvalue weighted by molar-refractivity contribution is 0.380. The van der Waals surface area contributed by atoms with Crippen LogP contribution in [0.5, 0.6) is 0 Å². The molecule has 2 aliphatic heterocycles. The summed E-state index contributed by atoms with van der Waals surface area (Å²) in [6.45, 7) is 5.89. The summed E-state index contributed by atoms with van der Waals surface area (Å²) in [5.74, 6) is 0.00701. The number of fused-ring (bicyclic) bond motifs is 2. The Morgan fingerprint density at radius 3 is 1.45 bits per heavy atom. The fraction of sp³-hybridized carbons (Fsp3) is 0.273. The van der Waals surface area contributed by atoms with Gasteiger partial charge < -0.3 is 26.2 Å². The third kappa shape index (κ3) is 7.96. The van der Waals surface area contributed by atoms with Crippen molar-refractivity contribution < 1.29 is 0 Å². The third-order valence-electron chi connectivity index (χ3n) is 7.83. The first-order valence-corrected chi connectivity index (χ1v) is 14.8. The van der Waals surface area contributed by atoms with Crippen LogP contribution in [0.1, 0.15) is 19.3 Å². The van der Waals surface area contributed by atoms with Gasteiger partial charge in [0.1, 0.15) is 0 Å². The molecule has 2 saturated heterocycles. The van der Waals surface area contributed by atoms with Gasteiger partial charge in [0, 0.05) is 61.4 Å². The first-order valence-electron chi connectivity index (χ1n) is 14.8. The van der Waals surface area contributed by atoms with E-state index in [2.05, 4.69) is 105 Å². The Hall–Kier alpha value is -4.83. The molecule has 0 bridgehead atoms. The van der Waals surface area contributed by atoms with Crippen molar-refractivity contribution in [3.63, 3.8) is 0 Å². The van der Waals surface area contributed by atoms with E-state index in [4.69, 9.17) is 22.3 Å². The summed E-state index contributed by atoms with van der Waals surface area (Å²) in [7, 11) is 0. The van der Waals surface area contributed by atoms with Crippen molar-refractivity contribution >= 4 is 57.2 Å². The van der Waals surface area contributed by atoms with Gasteiger partial charge in [-0.1, -0.05) is 72.8 Å². The van der Waals surface area contributed by atoms with E-state index >= 15 is 0 Å². The Labute approximate surface area is 264 Å². The van der Waals surface area contributed by atoms with E-state index in [9.17, 15) is 0 Å². The fourth-order valence-electron chi connectivity index (χ4n) is 5.63. The molecule has 1 aromatic heterocycles. The van der Waals surface area contributed by atoms with Crippen LogP contribution in [0.15, 0.2) is 97.3 Å². The second kappa shape index (κ2) is 15.6. The van der Waals surface area contributed by atoms with Crippen molar-refractivity contribution in [2.75, 3.05) is 49.1 Å². The number of nitrogen functional groups attached to an aromatic ring is 1. The van der Waals surface area contributed by atoms with Crippen molar-refractivity contribution in [1.29, 1.82) is 10.8 Å². The van der Waals surface area contributed by atoms with Gasteiger partial charge in [-0.3, -0.25) is 10.8 Å². The monoisotopic (exact) mass is 612 g/mol. The molecule has 0 radical (unpaired) electrons. The van der Waals surface area contributed by atoms with E-state index in [-0.39, 0.29) is 24.3 Å². The Kier molecular flexibility index (Phi) is 11.4. The topological polar surface area (TPSA) is 140 Å². The molecule has 0 spiro atoms. The zero-order valence-corrected chi connectivity index (χ0v) is 25.7. The van der Waals surface area contributed by atoms with Gasteiger partial charge in [-0.25, -0.2) is 0 Å². The molecule has 7 rings (SSSR count). The van der Waals surface area contributed by atoms with Crippen molar-refractivity contribution in [2.24, 2.45) is 11.5 Å². The summed E-state index contributed by atoms with van der Waals surface area (Å²) in [5.41, 5.74) is 13.2. The average Bonchev–Trinajstić information content (AvgIpc) is 3.61. The predicted molar refractivity (Wildman–Crippen MR) is 184 cm³/mol. The first kappa shape index (κ1) is 32.1. The molecule has 2 fully saturated rings. The lowest BCUT2D eigenvalue weighted by atomic mass is 10.1. The number of aromatic nitrogens is 3. The smallest absolute Gasteiger partial charge is 0.232 e. The normalized spacial score (nSPS) is 14.5. The summed E-state index contributed by atoms with van der Waals surface area (Å²) in [4.78, 5) is 7.86. The zero-order valence-electron chi connectivity index (χ0n) is 24.8. The van der Waals surface area contributed by atoms with Gasteiger partial charge in [-0.15, -0.1) is 17.2 Å². The maximum atomic E-state index is 7.48. The van der Waals surface area contributed by atoms with Gasteiger partial charge >= 0.3 is 0 Å². The molecule has 5 aromatic rings. The van der Waals surface area contributed by atoms with Crippen LogP contribution in [0.2, 0.25) is 0 Å². The molecule has 0 atom stereocenters. The van der Waals surface area contributed by atoms with Crippen molar-refractivity contribution in [1.82, 2.24) is 19.9 Å². The van der Waals surface area contributed by atoms with Gasteiger partial charge in [0.15, 0.2) is 5.96 Å². The lowest BCUT2D eigenvalue weighted by Gasteiger charge is -2.36. The second-order valence-corrected chi connectivity index (χ2v) is 10.6. The summed E-state index contributed by atoms with van der Waals surface area (Å²) >= 11 is 0. The van der Waals surface area contributed by atoms with Gasteiger partial charge in [0.2, 0.25) is 5.96 Å². The van der Waals surface area contributed by atoms with Crippen LogP contribution in [0.3, 0.4) is 0 Å². The Morgan fingerprint density at radius 2 is 1.00 bits per heavy atom. The van der Waals surface area contributed by atoms with Crippen LogP contribution < -0.4 is 21.3 Å². The molecule has 0 unspecified atom stereocenters. The molecule has 0 saturated carbocycles. The standard InChI is InChI=1S/C15H18N4.C15H17N.C3H5N5.ClH/c16-15(17)19-10-8-18(9-11-19)14-7-3-5-12-4-1-2-6-13(12)14;1-4-11-16(12-5-1)15-10-6-8-13-7-2-3-9-14(13)15;4-3(5)8-6-1-2-7-8;/h1-7H,8-11H2,(H3,16,17);2-3,6-10H,1,4-5,11-12H2;1-2H,(H3,4,5);1H. The summed E-state index contributed by atoms with van der Waals surface area (Å²) in [5, 5.41) is 26.7. The zero-order chi connectivity index (χ0) is 30.0. The van der Waals surface area contributed by atoms with Crippen LogP contribution >= 0.6 is 12.4 Å². The Bertz CT molecular complexity index is 1630. The molecule has 44 heavy (non-hydrogen) atoms. The van der Waals surface area contributed by atoms with Crippen LogP contribution in [-0.4, -0.2) is 71.1 Å². The maximum Gasteiger partial charge on any atom is 0.232 e. The van der Waals surface area contributed by atoms with Crippen molar-refractivity contribution in [2.45, 2.75) is 19.3 Å². The summed E-state index contributed by atoms with van der Waals surface area (Å²) in [6, 6.07) is 30.2. The van der Waals surface area contributed by atoms with E-state index in [1.54, 1.807) is 0 Å². The lowest BCUT2D eigenvalue weighted by Crippen LogP contribution is -2.50. The highest BCUT2D eigenvalue weighted by atomic mass is 35.5. The highest BCUT2D eigenvalue weighted by molar-refractivity contribution is 5.95. The number of piperidine rings is 1. The highest BCUT2D eigenvalue weighted by Crippen LogP contribution is 2.29. The number of nitrogens with zero attached hydrogens (tertiary/aromatic N) is 6. The number of benzene rings is 4.